The molecule has 0 radical (unpaired) electrons. The first-order valence-corrected chi connectivity index (χ1v) is 15.3. The highest BCUT2D eigenvalue weighted by molar-refractivity contribution is 5.95. The summed E-state index contributed by atoms with van der Waals surface area (Å²) in [5, 5.41) is 20.7. The molecule has 13 nitrogen and oxygen atoms in total. The molecule has 4 amide bonds. The number of carboxylic acid groups (broad SMARTS) is 1. The number of para-hydroxylation sites is 1. The Kier molecular flexibility index (Phi) is 14.0. The zero-order valence-corrected chi connectivity index (χ0v) is 27.0. The van der Waals surface area contributed by atoms with Crippen LogP contribution in [0, 0.1) is 5.92 Å². The van der Waals surface area contributed by atoms with Crippen LogP contribution in [0.2, 0.25) is 0 Å². The standard InChI is InChI=1S/C32H47N5O8/c1-7-8-11-14-33-27(39)17-25(30(42)43)35-29(41)24(16-21-18-37(19-38)26-13-10-9-12-22(21)26)34-28(40)23(15-20(2)3)36-31(44)45-32(4,5)6/h9-10,12-13,18-20,23-25H,7-8,11,14-17H2,1-6H3,(H,33,39)(H,34,40)(H,35,41)(H,36,44)(H,42,43)/t23-,24+,25-/m0/s1. The Morgan fingerprint density at radius 3 is 2.20 bits per heavy atom. The number of rotatable bonds is 17. The van der Waals surface area contributed by atoms with Gasteiger partial charge in [0.25, 0.3) is 0 Å². The minimum atomic E-state index is -1.56. The highest BCUT2D eigenvalue weighted by Gasteiger charge is 2.32. The summed E-state index contributed by atoms with van der Waals surface area (Å²) in [6.07, 6.45) is 3.53. The van der Waals surface area contributed by atoms with Crippen LogP contribution in [0.15, 0.2) is 30.5 Å². The molecule has 0 unspecified atom stereocenters. The molecule has 3 atom stereocenters. The van der Waals surface area contributed by atoms with Gasteiger partial charge in [0.1, 0.15) is 23.7 Å². The van der Waals surface area contributed by atoms with Crippen molar-refractivity contribution in [2.75, 3.05) is 6.54 Å². The molecule has 1 aromatic heterocycles. The summed E-state index contributed by atoms with van der Waals surface area (Å²) in [5.41, 5.74) is 0.311. The van der Waals surface area contributed by atoms with E-state index in [2.05, 4.69) is 21.3 Å². The van der Waals surface area contributed by atoms with Crippen LogP contribution in [-0.2, 0) is 35.1 Å². The number of hydrogen-bond acceptors (Lipinski definition) is 7. The number of nitrogens with zero attached hydrogens (tertiary/aromatic N) is 1. The first-order valence-electron chi connectivity index (χ1n) is 15.3. The van der Waals surface area contributed by atoms with Crippen molar-refractivity contribution in [3.8, 4) is 0 Å². The fourth-order valence-electron chi connectivity index (χ4n) is 4.71. The van der Waals surface area contributed by atoms with Crippen molar-refractivity contribution in [1.29, 1.82) is 0 Å². The molecule has 248 valence electrons. The molecule has 1 heterocycles. The molecule has 0 bridgehead atoms. The number of ether oxygens (including phenoxy) is 1. The summed E-state index contributed by atoms with van der Waals surface area (Å²) >= 11 is 0. The number of carboxylic acids is 1. The minimum Gasteiger partial charge on any atom is -0.480 e. The largest absolute Gasteiger partial charge is 0.480 e. The van der Waals surface area contributed by atoms with E-state index in [9.17, 15) is 33.9 Å². The molecule has 0 aliphatic heterocycles. The van der Waals surface area contributed by atoms with Crippen molar-refractivity contribution in [3.63, 3.8) is 0 Å². The van der Waals surface area contributed by atoms with Gasteiger partial charge >= 0.3 is 12.1 Å². The number of carbonyl (C=O) groups excluding carboxylic acids is 5. The summed E-state index contributed by atoms with van der Waals surface area (Å²) in [6, 6.07) is 3.04. The van der Waals surface area contributed by atoms with Gasteiger partial charge in [-0.1, -0.05) is 51.8 Å². The van der Waals surface area contributed by atoms with E-state index < -0.39 is 59.9 Å². The minimum absolute atomic E-state index is 0.0271. The Labute approximate surface area is 263 Å². The second-order valence-electron chi connectivity index (χ2n) is 12.4. The third-order valence-corrected chi connectivity index (χ3v) is 6.81. The smallest absolute Gasteiger partial charge is 0.408 e. The SMILES string of the molecule is CCCCCNC(=O)C[C@H](NC(=O)[C@@H](Cc1cn(C=O)c2ccccc12)NC(=O)[C@H](CC(C)C)NC(=O)OC(C)(C)C)C(=O)O. The third kappa shape index (κ3) is 12.2. The van der Waals surface area contributed by atoms with Crippen molar-refractivity contribution in [2.45, 2.75) is 104 Å². The fourth-order valence-corrected chi connectivity index (χ4v) is 4.71. The lowest BCUT2D eigenvalue weighted by Crippen LogP contribution is -2.57. The summed E-state index contributed by atoms with van der Waals surface area (Å²) in [7, 11) is 0. The number of hydrogen-bond donors (Lipinski definition) is 5. The lowest BCUT2D eigenvalue weighted by Gasteiger charge is -2.26. The Hall–Kier alpha value is -4.42. The van der Waals surface area contributed by atoms with E-state index in [0.717, 1.165) is 19.3 Å². The van der Waals surface area contributed by atoms with Gasteiger partial charge in [-0.05, 0) is 51.2 Å². The van der Waals surface area contributed by atoms with Crippen molar-refractivity contribution in [3.05, 3.63) is 36.0 Å². The van der Waals surface area contributed by atoms with Crippen LogP contribution in [0.1, 0.15) is 79.2 Å². The molecule has 0 aliphatic rings. The predicted molar refractivity (Wildman–Crippen MR) is 169 cm³/mol. The maximum atomic E-state index is 13.6. The number of amides is 4. The van der Waals surface area contributed by atoms with Gasteiger partial charge in [0.2, 0.25) is 24.1 Å². The number of benzene rings is 1. The van der Waals surface area contributed by atoms with Gasteiger partial charge in [0, 0.05) is 24.5 Å². The number of aliphatic carboxylic acids is 1. The van der Waals surface area contributed by atoms with Gasteiger partial charge in [-0.15, -0.1) is 0 Å². The lowest BCUT2D eigenvalue weighted by atomic mass is 10.0. The van der Waals surface area contributed by atoms with Crippen molar-refractivity contribution in [1.82, 2.24) is 25.8 Å². The van der Waals surface area contributed by atoms with Gasteiger partial charge < -0.3 is 31.1 Å². The number of nitrogens with one attached hydrogen (secondary N) is 4. The zero-order chi connectivity index (χ0) is 33.7. The van der Waals surface area contributed by atoms with E-state index in [1.807, 2.05) is 20.8 Å². The van der Waals surface area contributed by atoms with Crippen molar-refractivity contribution >= 4 is 47.1 Å². The van der Waals surface area contributed by atoms with Gasteiger partial charge in [0.15, 0.2) is 0 Å². The number of aromatic nitrogens is 1. The van der Waals surface area contributed by atoms with E-state index in [1.54, 1.807) is 45.0 Å². The molecule has 0 saturated carbocycles. The Morgan fingerprint density at radius 2 is 1.60 bits per heavy atom. The number of carbonyl (C=O) groups is 6. The van der Waals surface area contributed by atoms with Gasteiger partial charge in [-0.3, -0.25) is 23.7 Å². The van der Waals surface area contributed by atoms with Crippen LogP contribution < -0.4 is 21.3 Å². The Balaban J connectivity index is 2.36. The van der Waals surface area contributed by atoms with Crippen molar-refractivity contribution in [2.24, 2.45) is 5.92 Å². The molecular weight excluding hydrogens is 582 g/mol. The normalized spacial score (nSPS) is 13.4. The first-order chi connectivity index (χ1) is 21.1. The van der Waals surface area contributed by atoms with Crippen LogP contribution in [0.3, 0.4) is 0 Å². The topological polar surface area (TPSA) is 185 Å². The monoisotopic (exact) mass is 629 g/mol. The number of alkyl carbamates (subject to hydrolysis) is 1. The summed E-state index contributed by atoms with van der Waals surface area (Å²) < 4.78 is 6.66. The molecule has 0 saturated heterocycles. The second-order valence-corrected chi connectivity index (χ2v) is 12.4. The van der Waals surface area contributed by atoms with Crippen molar-refractivity contribution < 1.29 is 38.6 Å². The average molecular weight is 630 g/mol. The molecule has 5 N–H and O–H groups in total. The van der Waals surface area contributed by atoms with Crippen LogP contribution >= 0.6 is 0 Å². The van der Waals surface area contributed by atoms with E-state index in [4.69, 9.17) is 4.74 Å². The molecule has 45 heavy (non-hydrogen) atoms. The molecule has 0 aliphatic carbocycles. The molecular formula is C32H47N5O8. The fraction of sp³-hybridized carbons (Fsp3) is 0.562. The summed E-state index contributed by atoms with van der Waals surface area (Å²) in [5.74, 6) is -3.51. The molecule has 2 rings (SSSR count). The van der Waals surface area contributed by atoms with Gasteiger partial charge in [-0.25, -0.2) is 9.59 Å². The Morgan fingerprint density at radius 1 is 0.956 bits per heavy atom. The van der Waals surface area contributed by atoms with Gasteiger partial charge in [0.05, 0.1) is 11.9 Å². The molecule has 1 aromatic carbocycles. The summed E-state index contributed by atoms with van der Waals surface area (Å²) in [6.45, 7) is 11.2. The molecule has 0 spiro atoms. The van der Waals surface area contributed by atoms with E-state index in [1.165, 1.54) is 10.8 Å². The van der Waals surface area contributed by atoms with Crippen LogP contribution in [0.5, 0.6) is 0 Å². The van der Waals surface area contributed by atoms with E-state index in [0.29, 0.717) is 29.4 Å². The Bertz CT molecular complexity index is 1350. The van der Waals surface area contributed by atoms with Crippen LogP contribution in [0.25, 0.3) is 10.9 Å². The first kappa shape index (κ1) is 36.8. The highest BCUT2D eigenvalue weighted by atomic mass is 16.6. The molecule has 2 aromatic rings. The maximum absolute atomic E-state index is 13.6. The molecule has 13 heteroatoms. The second kappa shape index (κ2) is 17.2. The van der Waals surface area contributed by atoms with Gasteiger partial charge in [-0.2, -0.15) is 0 Å². The predicted octanol–water partition coefficient (Wildman–Crippen LogP) is 2.91. The number of unbranched alkanes of at least 4 members (excludes halogenated alkanes) is 2. The summed E-state index contributed by atoms with van der Waals surface area (Å²) in [4.78, 5) is 76.0. The van der Waals surface area contributed by atoms with E-state index >= 15 is 0 Å². The van der Waals surface area contributed by atoms with E-state index in [-0.39, 0.29) is 18.8 Å². The highest BCUT2D eigenvalue weighted by Crippen LogP contribution is 2.22. The van der Waals surface area contributed by atoms with Crippen LogP contribution in [-0.4, -0.2) is 76.1 Å². The number of fused-ring (bicyclic) bond motifs is 1. The molecule has 0 fully saturated rings. The van der Waals surface area contributed by atoms with Crippen LogP contribution in [0.4, 0.5) is 4.79 Å². The average Bonchev–Trinajstić information content (AvgIpc) is 3.30. The third-order valence-electron chi connectivity index (χ3n) is 6.81. The maximum Gasteiger partial charge on any atom is 0.408 e. The quantitative estimate of drug-likeness (QED) is 0.131. The lowest BCUT2D eigenvalue weighted by molar-refractivity contribution is -0.144. The zero-order valence-electron chi connectivity index (χ0n) is 27.0.